The molecule has 1 aliphatic carbocycles. The molecule has 10 nitrogen and oxygen atoms in total. The first-order valence-corrected chi connectivity index (χ1v) is 14.6. The number of ketones is 1. The van der Waals surface area contributed by atoms with Gasteiger partial charge in [-0.05, 0) is 69.4 Å². The van der Waals surface area contributed by atoms with Crippen LogP contribution in [0.4, 0.5) is 0 Å². The smallest absolute Gasteiger partial charge is 0.309 e. The predicted octanol–water partition coefficient (Wildman–Crippen LogP) is 3.97. The summed E-state index contributed by atoms with van der Waals surface area (Å²) in [5.74, 6) is -1.02. The van der Waals surface area contributed by atoms with Crippen LogP contribution in [0.5, 0.6) is 17.2 Å². The van der Waals surface area contributed by atoms with Gasteiger partial charge in [0.05, 0.1) is 39.9 Å². The van der Waals surface area contributed by atoms with Crippen molar-refractivity contribution in [2.24, 2.45) is 11.8 Å². The van der Waals surface area contributed by atoms with Crippen molar-refractivity contribution in [1.82, 2.24) is 9.80 Å². The number of piperidine rings is 1. The summed E-state index contributed by atoms with van der Waals surface area (Å²) in [6, 6.07) is 2.02. The van der Waals surface area contributed by atoms with Crippen molar-refractivity contribution < 1.29 is 38.1 Å². The molecule has 2 amide bonds. The summed E-state index contributed by atoms with van der Waals surface area (Å²) in [7, 11) is 4.34. The number of likely N-dealkylation sites (tertiary alicyclic amines) is 1. The SMILES string of the molecule is C=CCC(CC=C)C(=O)OC[C@@H]1CC[C@H](N2CC3CCCC(C2=O)N3C(=O)C(=O)c2cc(OC)c(OC)c(OC)c2)C1. The van der Waals surface area contributed by atoms with Crippen molar-refractivity contribution in [1.29, 1.82) is 0 Å². The summed E-state index contributed by atoms with van der Waals surface area (Å²) in [5.41, 5.74) is 0.110. The summed E-state index contributed by atoms with van der Waals surface area (Å²) >= 11 is 0. The Balaban J connectivity index is 1.42. The molecule has 3 fully saturated rings. The first kappa shape index (κ1) is 31.1. The number of hydrogen-bond donors (Lipinski definition) is 0. The molecule has 2 bridgehead atoms. The van der Waals surface area contributed by atoms with Gasteiger partial charge < -0.3 is 28.7 Å². The lowest BCUT2D eigenvalue weighted by molar-refractivity contribution is -0.159. The minimum Gasteiger partial charge on any atom is -0.493 e. The summed E-state index contributed by atoms with van der Waals surface area (Å²) < 4.78 is 21.7. The molecule has 2 saturated heterocycles. The molecule has 2 heterocycles. The Bertz CT molecular complexity index is 1180. The maximum Gasteiger partial charge on any atom is 0.309 e. The van der Waals surface area contributed by atoms with Crippen LogP contribution in [0.15, 0.2) is 37.4 Å². The standard InChI is InChI=1S/C32H42N2O8/c1-6-9-21(10-7-2)32(38)42-19-20-13-14-23(15-20)33-18-24-11-8-12-25(30(33)36)34(24)31(37)28(35)22-16-26(39-3)29(41-5)27(17-22)40-4/h6-7,16-17,20-21,23-25H,1-2,8-15,18-19H2,3-5H3/t20-,23+,24?,25?/m1/s1. The number of carbonyl (C=O) groups excluding carboxylic acids is 4. The van der Waals surface area contributed by atoms with E-state index in [1.54, 1.807) is 12.2 Å². The van der Waals surface area contributed by atoms with Crippen LogP contribution in [-0.2, 0) is 19.1 Å². The largest absolute Gasteiger partial charge is 0.493 e. The molecule has 42 heavy (non-hydrogen) atoms. The molecule has 4 atom stereocenters. The van der Waals surface area contributed by atoms with Crippen molar-refractivity contribution in [3.8, 4) is 17.2 Å². The van der Waals surface area contributed by atoms with E-state index in [1.807, 2.05) is 4.90 Å². The van der Waals surface area contributed by atoms with Gasteiger partial charge in [-0.25, -0.2) is 0 Å². The Hall–Kier alpha value is -3.82. The molecule has 3 aliphatic rings. The second kappa shape index (κ2) is 13.9. The Morgan fingerprint density at radius 1 is 0.952 bits per heavy atom. The topological polar surface area (TPSA) is 112 Å². The minimum absolute atomic E-state index is 0.0181. The average Bonchev–Trinajstić information content (AvgIpc) is 3.48. The van der Waals surface area contributed by atoms with Crippen molar-refractivity contribution in [3.05, 3.63) is 43.0 Å². The van der Waals surface area contributed by atoms with Gasteiger partial charge in [-0.1, -0.05) is 12.2 Å². The Kier molecular flexibility index (Phi) is 10.3. The number of Topliss-reactive ketones (excluding diaryl/α,β-unsaturated/α-hetero) is 1. The van der Waals surface area contributed by atoms with Gasteiger partial charge in [0.1, 0.15) is 6.04 Å². The molecule has 0 aromatic heterocycles. The van der Waals surface area contributed by atoms with Crippen LogP contribution in [0.2, 0.25) is 0 Å². The average molecular weight is 583 g/mol. The molecular weight excluding hydrogens is 540 g/mol. The molecule has 0 spiro atoms. The zero-order valence-electron chi connectivity index (χ0n) is 24.8. The van der Waals surface area contributed by atoms with Gasteiger partial charge in [0.25, 0.3) is 11.7 Å². The third kappa shape index (κ3) is 6.32. The van der Waals surface area contributed by atoms with Gasteiger partial charge >= 0.3 is 5.97 Å². The van der Waals surface area contributed by atoms with Crippen molar-refractivity contribution in [2.45, 2.75) is 69.5 Å². The zero-order chi connectivity index (χ0) is 30.4. The van der Waals surface area contributed by atoms with Gasteiger partial charge in [0, 0.05) is 18.2 Å². The minimum atomic E-state index is -0.721. The second-order valence-corrected chi connectivity index (χ2v) is 11.3. The van der Waals surface area contributed by atoms with E-state index in [1.165, 1.54) is 38.4 Å². The molecule has 10 heteroatoms. The molecule has 1 saturated carbocycles. The number of rotatable bonds is 13. The van der Waals surface area contributed by atoms with Crippen LogP contribution in [-0.4, -0.2) is 86.0 Å². The van der Waals surface area contributed by atoms with Gasteiger partial charge in [-0.15, -0.1) is 13.2 Å². The highest BCUT2D eigenvalue weighted by Crippen LogP contribution is 2.40. The van der Waals surface area contributed by atoms with E-state index < -0.39 is 17.7 Å². The summed E-state index contributed by atoms with van der Waals surface area (Å²) in [5, 5.41) is 0. The fraction of sp³-hybridized carbons (Fsp3) is 0.562. The number of fused-ring (bicyclic) bond motifs is 2. The monoisotopic (exact) mass is 582 g/mol. The number of nitrogens with zero attached hydrogens (tertiary/aromatic N) is 2. The second-order valence-electron chi connectivity index (χ2n) is 11.3. The summed E-state index contributed by atoms with van der Waals surface area (Å²) in [6.07, 6.45) is 8.97. The molecule has 4 rings (SSSR count). The van der Waals surface area contributed by atoms with E-state index in [4.69, 9.17) is 18.9 Å². The lowest BCUT2D eigenvalue weighted by atomic mass is 9.88. The van der Waals surface area contributed by atoms with Crippen molar-refractivity contribution >= 4 is 23.6 Å². The number of esters is 1. The third-order valence-corrected chi connectivity index (χ3v) is 8.73. The summed E-state index contributed by atoms with van der Waals surface area (Å²) in [4.78, 5) is 56.8. The number of ether oxygens (including phenoxy) is 4. The Labute approximate surface area is 247 Å². The van der Waals surface area contributed by atoms with Crippen LogP contribution in [0, 0.1) is 11.8 Å². The van der Waals surface area contributed by atoms with Gasteiger partial charge in [0.2, 0.25) is 11.7 Å². The predicted molar refractivity (Wildman–Crippen MR) is 156 cm³/mol. The molecule has 228 valence electrons. The summed E-state index contributed by atoms with van der Waals surface area (Å²) in [6.45, 7) is 8.15. The number of allylic oxidation sites excluding steroid dienone is 2. The van der Waals surface area contributed by atoms with Crippen molar-refractivity contribution in [2.75, 3.05) is 34.5 Å². The van der Waals surface area contributed by atoms with Crippen molar-refractivity contribution in [3.63, 3.8) is 0 Å². The quantitative estimate of drug-likeness (QED) is 0.149. The lowest BCUT2D eigenvalue weighted by Gasteiger charge is -2.50. The van der Waals surface area contributed by atoms with Crippen LogP contribution >= 0.6 is 0 Å². The van der Waals surface area contributed by atoms with Crippen LogP contribution < -0.4 is 14.2 Å². The highest BCUT2D eigenvalue weighted by Gasteiger charge is 2.49. The van der Waals surface area contributed by atoms with Gasteiger partial charge in [-0.3, -0.25) is 19.2 Å². The highest BCUT2D eigenvalue weighted by molar-refractivity contribution is 6.43. The van der Waals surface area contributed by atoms with E-state index in [2.05, 4.69) is 13.2 Å². The molecule has 0 radical (unpaired) electrons. The van der Waals surface area contributed by atoms with E-state index in [0.717, 1.165) is 32.1 Å². The zero-order valence-corrected chi connectivity index (χ0v) is 24.8. The fourth-order valence-electron chi connectivity index (χ4n) is 6.59. The number of hydrogen-bond acceptors (Lipinski definition) is 8. The molecule has 1 aromatic rings. The van der Waals surface area contributed by atoms with Crippen LogP contribution in [0.3, 0.4) is 0 Å². The fourth-order valence-corrected chi connectivity index (χ4v) is 6.59. The normalized spacial score (nSPS) is 23.4. The maximum atomic E-state index is 13.7. The highest BCUT2D eigenvalue weighted by atomic mass is 16.5. The molecule has 2 unspecified atom stereocenters. The van der Waals surface area contributed by atoms with E-state index >= 15 is 0 Å². The van der Waals surface area contributed by atoms with E-state index in [0.29, 0.717) is 38.2 Å². The third-order valence-electron chi connectivity index (χ3n) is 8.73. The Morgan fingerprint density at radius 3 is 2.21 bits per heavy atom. The molecule has 2 aliphatic heterocycles. The number of methoxy groups -OCH3 is 3. The van der Waals surface area contributed by atoms with Crippen LogP contribution in [0.1, 0.15) is 61.7 Å². The number of piperazine rings is 1. The van der Waals surface area contributed by atoms with E-state index in [9.17, 15) is 19.2 Å². The lowest BCUT2D eigenvalue weighted by Crippen LogP contribution is -2.67. The maximum absolute atomic E-state index is 13.7. The van der Waals surface area contributed by atoms with Gasteiger partial charge in [0.15, 0.2) is 11.5 Å². The number of benzene rings is 1. The molecular formula is C32H42N2O8. The van der Waals surface area contributed by atoms with Crippen LogP contribution in [0.25, 0.3) is 0 Å². The number of carbonyl (C=O) groups is 4. The first-order valence-electron chi connectivity index (χ1n) is 14.6. The van der Waals surface area contributed by atoms with E-state index in [-0.39, 0.29) is 52.9 Å². The molecule has 0 N–H and O–H groups in total. The first-order chi connectivity index (χ1) is 20.3. The Morgan fingerprint density at radius 2 is 1.62 bits per heavy atom. The van der Waals surface area contributed by atoms with Gasteiger partial charge in [-0.2, -0.15) is 0 Å². The molecule has 1 aromatic carbocycles. The number of amides is 2.